The monoisotopic (exact) mass is 430 g/mol. The van der Waals surface area contributed by atoms with E-state index in [4.69, 9.17) is 28.1 Å². The standard InChI is InChI=1S/C8H7NS.C4H9NS.C4H8OS.C2H6N2.CH4/c1-6-9-7-4-2-3-5-8(7)10-6;1-4(6)5(2)3;1-3-5-4(2)6;1-2(3)4;/h2-5H,1H3;1-3H3;3H2,1-2H3;1H3,(H3,3,4);1H4. The Morgan fingerprint density at radius 1 is 1.22 bits per heavy atom. The summed E-state index contributed by atoms with van der Waals surface area (Å²) in [6.07, 6.45) is 0. The van der Waals surface area contributed by atoms with Gasteiger partial charge in [0, 0.05) is 21.0 Å². The molecular weight excluding hydrogens is 396 g/mol. The van der Waals surface area contributed by atoms with Crippen molar-refractivity contribution in [2.75, 3.05) is 20.7 Å². The van der Waals surface area contributed by atoms with Crippen LogP contribution in [0.15, 0.2) is 24.3 Å². The van der Waals surface area contributed by atoms with Gasteiger partial charge in [-0.25, -0.2) is 4.98 Å². The highest BCUT2D eigenvalue weighted by Crippen LogP contribution is 2.19. The predicted octanol–water partition coefficient (Wildman–Crippen LogP) is 5.45. The predicted molar refractivity (Wildman–Crippen MR) is 131 cm³/mol. The van der Waals surface area contributed by atoms with E-state index in [9.17, 15) is 0 Å². The smallest absolute Gasteiger partial charge is 0.156 e. The average molecular weight is 431 g/mol. The van der Waals surface area contributed by atoms with Crippen molar-refractivity contribution < 1.29 is 4.74 Å². The number of fused-ring (bicyclic) bond motifs is 1. The summed E-state index contributed by atoms with van der Waals surface area (Å²) in [6, 6.07) is 8.19. The van der Waals surface area contributed by atoms with Crippen LogP contribution in [0.2, 0.25) is 0 Å². The van der Waals surface area contributed by atoms with Gasteiger partial charge in [-0.1, -0.05) is 31.8 Å². The Kier molecular flexibility index (Phi) is 19.8. The van der Waals surface area contributed by atoms with Crippen molar-refractivity contribution in [3.05, 3.63) is 29.3 Å². The molecule has 154 valence electrons. The zero-order chi connectivity index (χ0) is 20.7. The van der Waals surface area contributed by atoms with Crippen molar-refractivity contribution in [2.45, 2.75) is 42.0 Å². The van der Waals surface area contributed by atoms with Crippen molar-refractivity contribution in [3.8, 4) is 0 Å². The summed E-state index contributed by atoms with van der Waals surface area (Å²) in [4.78, 5) is 7.16. The number of thiocarbonyl (C=S) groups is 2. The molecule has 0 aliphatic heterocycles. The van der Waals surface area contributed by atoms with Gasteiger partial charge in [-0.3, -0.25) is 5.41 Å². The second kappa shape index (κ2) is 17.8. The van der Waals surface area contributed by atoms with Crippen LogP contribution < -0.4 is 5.73 Å². The molecule has 0 atom stereocenters. The first kappa shape index (κ1) is 30.1. The Bertz CT molecular complexity index is 647. The highest BCUT2D eigenvalue weighted by molar-refractivity contribution is 7.80. The van der Waals surface area contributed by atoms with Crippen LogP contribution in [0, 0.1) is 12.3 Å². The minimum atomic E-state index is 0. The summed E-state index contributed by atoms with van der Waals surface area (Å²) in [7, 11) is 3.87. The van der Waals surface area contributed by atoms with Gasteiger partial charge in [-0.2, -0.15) is 0 Å². The number of aromatic nitrogens is 1. The van der Waals surface area contributed by atoms with E-state index in [1.54, 1.807) is 18.3 Å². The number of benzene rings is 1. The lowest BCUT2D eigenvalue weighted by molar-refractivity contribution is 0.334. The van der Waals surface area contributed by atoms with Gasteiger partial charge in [0.15, 0.2) is 5.05 Å². The minimum absolute atomic E-state index is 0. The molecule has 3 N–H and O–H groups in total. The molecule has 1 heterocycles. The maximum absolute atomic E-state index is 6.28. The van der Waals surface area contributed by atoms with Gasteiger partial charge in [0.25, 0.3) is 0 Å². The van der Waals surface area contributed by atoms with Gasteiger partial charge in [-0.05, 0) is 52.0 Å². The van der Waals surface area contributed by atoms with Crippen LogP contribution in [0.5, 0.6) is 0 Å². The third kappa shape index (κ3) is 20.5. The first-order valence-electron chi connectivity index (χ1n) is 7.95. The molecule has 0 amide bonds. The molecule has 1 aromatic heterocycles. The summed E-state index contributed by atoms with van der Waals surface area (Å²) in [6.45, 7) is 9.82. The topological polar surface area (TPSA) is 75.2 Å². The van der Waals surface area contributed by atoms with E-state index in [1.165, 1.54) is 11.6 Å². The number of para-hydroxylation sites is 1. The lowest BCUT2D eigenvalue weighted by Crippen LogP contribution is -2.15. The average Bonchev–Trinajstić information content (AvgIpc) is 2.87. The van der Waals surface area contributed by atoms with Gasteiger partial charge in [0.05, 0.1) is 32.7 Å². The molecule has 0 unspecified atom stereocenters. The van der Waals surface area contributed by atoms with Crippen LogP contribution in [0.1, 0.15) is 40.1 Å². The summed E-state index contributed by atoms with van der Waals surface area (Å²) in [5, 5.41) is 8.04. The summed E-state index contributed by atoms with van der Waals surface area (Å²) in [5.41, 5.74) is 5.81. The molecule has 0 spiro atoms. The van der Waals surface area contributed by atoms with Gasteiger partial charge in [0.1, 0.15) is 0 Å². The Hall–Kier alpha value is -1.64. The maximum Gasteiger partial charge on any atom is 0.156 e. The zero-order valence-electron chi connectivity index (χ0n) is 16.6. The van der Waals surface area contributed by atoms with E-state index in [1.807, 2.05) is 58.0 Å². The number of thiazole rings is 1. The molecule has 0 saturated carbocycles. The fraction of sp³-hybridized carbons (Fsp3) is 0.474. The van der Waals surface area contributed by atoms with Gasteiger partial charge < -0.3 is 15.4 Å². The number of aryl methyl sites for hydroxylation is 1. The molecule has 2 rings (SSSR count). The van der Waals surface area contributed by atoms with Crippen LogP contribution in [0.4, 0.5) is 0 Å². The summed E-state index contributed by atoms with van der Waals surface area (Å²) in [5.74, 6) is 0.167. The number of nitrogens with zero attached hydrogens (tertiary/aromatic N) is 2. The van der Waals surface area contributed by atoms with Crippen LogP contribution in [0.25, 0.3) is 10.2 Å². The van der Waals surface area contributed by atoms with Crippen LogP contribution in [-0.2, 0) is 4.74 Å². The SMILES string of the molecule is C.CC(=N)N.CC(=S)N(C)C.CCOC(C)=S.Cc1nc2ccccc2s1. The Balaban J connectivity index is -0.000000301. The number of amidine groups is 1. The van der Waals surface area contributed by atoms with Gasteiger partial charge in [-0.15, -0.1) is 11.3 Å². The third-order valence-corrected chi connectivity index (χ3v) is 3.81. The van der Waals surface area contributed by atoms with Crippen molar-refractivity contribution >= 4 is 61.9 Å². The second-order valence-electron chi connectivity index (χ2n) is 5.22. The van der Waals surface area contributed by atoms with Crippen molar-refractivity contribution in [2.24, 2.45) is 5.73 Å². The number of rotatable bonds is 1. The number of nitrogens with one attached hydrogen (secondary N) is 1. The number of nitrogens with two attached hydrogens (primary N) is 1. The highest BCUT2D eigenvalue weighted by atomic mass is 32.1. The fourth-order valence-corrected chi connectivity index (χ4v) is 2.14. The first-order chi connectivity index (χ1) is 12.0. The van der Waals surface area contributed by atoms with Crippen molar-refractivity contribution in [1.29, 1.82) is 5.41 Å². The molecule has 0 fully saturated rings. The molecule has 0 radical (unpaired) electrons. The number of hydrogen-bond acceptors (Lipinski definition) is 6. The minimum Gasteiger partial charge on any atom is -0.488 e. The van der Waals surface area contributed by atoms with Crippen LogP contribution in [-0.4, -0.2) is 46.5 Å². The third-order valence-electron chi connectivity index (χ3n) is 2.38. The lowest BCUT2D eigenvalue weighted by atomic mass is 10.3. The summed E-state index contributed by atoms with van der Waals surface area (Å²) >= 11 is 11.1. The molecule has 8 heteroatoms. The highest BCUT2D eigenvalue weighted by Gasteiger charge is 1.95. The van der Waals surface area contributed by atoms with E-state index >= 15 is 0 Å². The van der Waals surface area contributed by atoms with Gasteiger partial charge >= 0.3 is 0 Å². The van der Waals surface area contributed by atoms with E-state index in [0.717, 1.165) is 15.5 Å². The Labute approximate surface area is 179 Å². The molecule has 2 aromatic rings. The summed E-state index contributed by atoms with van der Waals surface area (Å²) < 4.78 is 6.05. The lowest BCUT2D eigenvalue weighted by Gasteiger charge is -2.06. The second-order valence-corrected chi connectivity index (χ2v) is 7.62. The maximum atomic E-state index is 6.28. The molecule has 1 aromatic carbocycles. The zero-order valence-corrected chi connectivity index (χ0v) is 19.1. The quantitative estimate of drug-likeness (QED) is 0.356. The Morgan fingerprint density at radius 2 is 1.67 bits per heavy atom. The van der Waals surface area contributed by atoms with Crippen molar-refractivity contribution in [3.63, 3.8) is 0 Å². The van der Waals surface area contributed by atoms with Crippen LogP contribution >= 0.6 is 35.8 Å². The Morgan fingerprint density at radius 3 is 1.96 bits per heavy atom. The van der Waals surface area contributed by atoms with Crippen molar-refractivity contribution in [1.82, 2.24) is 9.88 Å². The molecule has 0 aliphatic rings. The normalized spacial score (nSPS) is 8.26. The molecule has 0 aliphatic carbocycles. The molecule has 0 saturated heterocycles. The van der Waals surface area contributed by atoms with E-state index < -0.39 is 0 Å². The molecule has 0 bridgehead atoms. The van der Waals surface area contributed by atoms with Crippen LogP contribution in [0.3, 0.4) is 0 Å². The number of ether oxygens (including phenoxy) is 1. The van der Waals surface area contributed by atoms with E-state index in [0.29, 0.717) is 11.7 Å². The number of hydrogen-bond donors (Lipinski definition) is 2. The molecule has 27 heavy (non-hydrogen) atoms. The van der Waals surface area contributed by atoms with E-state index in [-0.39, 0.29) is 13.3 Å². The fourth-order valence-electron chi connectivity index (χ4n) is 1.19. The molecular formula is C19H34N4OS3. The largest absolute Gasteiger partial charge is 0.488 e. The van der Waals surface area contributed by atoms with Gasteiger partial charge in [0.2, 0.25) is 0 Å². The first-order valence-corrected chi connectivity index (χ1v) is 9.58. The van der Waals surface area contributed by atoms with E-state index in [2.05, 4.69) is 23.3 Å². The molecule has 5 nitrogen and oxygen atoms in total.